The molecule has 1 N–H and O–H groups in total. The van der Waals surface area contributed by atoms with Gasteiger partial charge in [-0.3, -0.25) is 0 Å². The lowest BCUT2D eigenvalue weighted by molar-refractivity contribution is -0.905. The van der Waals surface area contributed by atoms with Gasteiger partial charge in [0.05, 0.1) is 18.7 Å². The minimum atomic E-state index is -0.237. The molecule has 0 amide bonds. The smallest absolute Gasteiger partial charge is 0.339 e. The van der Waals surface area contributed by atoms with Gasteiger partial charge in [0.1, 0.15) is 13.2 Å². The second-order valence-corrected chi connectivity index (χ2v) is 5.53. The molecular weight excluding hydrogens is 294 g/mol. The van der Waals surface area contributed by atoms with Crippen LogP contribution >= 0.6 is 15.9 Å². The highest BCUT2D eigenvalue weighted by atomic mass is 79.9. The Hall–Kier alpha value is -0.870. The van der Waals surface area contributed by atoms with Gasteiger partial charge in [-0.2, -0.15) is 0 Å². The summed E-state index contributed by atoms with van der Waals surface area (Å²) in [6, 6.07) is 7.36. The first-order valence-electron chi connectivity index (χ1n) is 6.52. The second-order valence-electron chi connectivity index (χ2n) is 4.68. The van der Waals surface area contributed by atoms with Gasteiger partial charge < -0.3 is 9.64 Å². The number of esters is 1. The number of quaternary nitrogens is 1. The van der Waals surface area contributed by atoms with Crippen LogP contribution in [0.1, 0.15) is 29.6 Å². The molecule has 0 aromatic heterocycles. The fraction of sp³-hybridized carbons (Fsp3) is 0.500. The third-order valence-corrected chi connectivity index (χ3v) is 4.03. The monoisotopic (exact) mass is 312 g/mol. The quantitative estimate of drug-likeness (QED) is 0.858. The summed E-state index contributed by atoms with van der Waals surface area (Å²) in [5.41, 5.74) is 0.603. The van der Waals surface area contributed by atoms with E-state index in [0.29, 0.717) is 12.2 Å². The van der Waals surface area contributed by atoms with Crippen molar-refractivity contribution in [3.05, 3.63) is 34.3 Å². The van der Waals surface area contributed by atoms with Crippen LogP contribution < -0.4 is 4.90 Å². The Bertz CT molecular complexity index is 403. The van der Waals surface area contributed by atoms with Crippen molar-refractivity contribution in [1.29, 1.82) is 0 Å². The van der Waals surface area contributed by atoms with Crippen molar-refractivity contribution in [3.8, 4) is 0 Å². The number of likely N-dealkylation sites (tertiary alicyclic amines) is 1. The highest BCUT2D eigenvalue weighted by Crippen LogP contribution is 2.16. The van der Waals surface area contributed by atoms with E-state index in [1.165, 1.54) is 32.4 Å². The van der Waals surface area contributed by atoms with Crippen LogP contribution in [-0.4, -0.2) is 32.2 Å². The molecule has 0 radical (unpaired) electrons. The zero-order valence-corrected chi connectivity index (χ0v) is 12.0. The van der Waals surface area contributed by atoms with Crippen LogP contribution in [0.3, 0.4) is 0 Å². The molecule has 1 aromatic rings. The van der Waals surface area contributed by atoms with Crippen molar-refractivity contribution < 1.29 is 14.4 Å². The predicted octanol–water partition coefficient (Wildman–Crippen LogP) is 1.67. The van der Waals surface area contributed by atoms with Gasteiger partial charge in [0.15, 0.2) is 0 Å². The van der Waals surface area contributed by atoms with Gasteiger partial charge in [0.25, 0.3) is 0 Å². The molecule has 0 aliphatic carbocycles. The lowest BCUT2D eigenvalue weighted by Crippen LogP contribution is -3.13. The number of hydrogen-bond donors (Lipinski definition) is 1. The summed E-state index contributed by atoms with van der Waals surface area (Å²) < 4.78 is 6.11. The van der Waals surface area contributed by atoms with E-state index in [4.69, 9.17) is 4.74 Å². The summed E-state index contributed by atoms with van der Waals surface area (Å²) in [6.45, 7) is 3.87. The Labute approximate surface area is 116 Å². The van der Waals surface area contributed by atoms with Gasteiger partial charge in [0, 0.05) is 4.47 Å². The molecule has 1 aliphatic heterocycles. The first-order chi connectivity index (χ1) is 8.77. The number of nitrogens with one attached hydrogen (secondary N) is 1. The van der Waals surface area contributed by atoms with Crippen molar-refractivity contribution in [1.82, 2.24) is 0 Å². The van der Waals surface area contributed by atoms with E-state index in [-0.39, 0.29) is 5.97 Å². The number of ether oxygens (including phenoxy) is 1. The van der Waals surface area contributed by atoms with Gasteiger partial charge in [-0.25, -0.2) is 4.79 Å². The molecule has 0 spiro atoms. The molecule has 0 atom stereocenters. The van der Waals surface area contributed by atoms with Crippen molar-refractivity contribution in [2.24, 2.45) is 0 Å². The first-order valence-corrected chi connectivity index (χ1v) is 7.32. The fourth-order valence-electron chi connectivity index (χ4n) is 2.29. The van der Waals surface area contributed by atoms with E-state index in [9.17, 15) is 4.79 Å². The number of hydrogen-bond acceptors (Lipinski definition) is 2. The Kier molecular flexibility index (Phi) is 5.20. The molecule has 1 aromatic carbocycles. The molecule has 2 rings (SSSR count). The number of benzene rings is 1. The average Bonchev–Trinajstić information content (AvgIpc) is 2.40. The zero-order valence-electron chi connectivity index (χ0n) is 10.5. The van der Waals surface area contributed by atoms with Gasteiger partial charge >= 0.3 is 5.97 Å². The lowest BCUT2D eigenvalue weighted by atomic mass is 10.1. The Balaban J connectivity index is 1.76. The molecule has 4 heteroatoms. The summed E-state index contributed by atoms with van der Waals surface area (Å²) in [5.74, 6) is -0.237. The summed E-state index contributed by atoms with van der Waals surface area (Å²) in [5, 5.41) is 0. The Morgan fingerprint density at radius 2 is 1.94 bits per heavy atom. The van der Waals surface area contributed by atoms with Crippen LogP contribution in [0.2, 0.25) is 0 Å². The van der Waals surface area contributed by atoms with Gasteiger partial charge in [0.2, 0.25) is 0 Å². The number of halogens is 1. The molecule has 0 bridgehead atoms. The van der Waals surface area contributed by atoms with Crippen LogP contribution in [0.15, 0.2) is 28.7 Å². The van der Waals surface area contributed by atoms with E-state index in [2.05, 4.69) is 15.9 Å². The topological polar surface area (TPSA) is 30.7 Å². The molecule has 0 saturated carbocycles. The zero-order chi connectivity index (χ0) is 12.8. The van der Waals surface area contributed by atoms with Crippen LogP contribution in [0.5, 0.6) is 0 Å². The van der Waals surface area contributed by atoms with Crippen LogP contribution in [0.25, 0.3) is 0 Å². The highest BCUT2D eigenvalue weighted by molar-refractivity contribution is 9.10. The van der Waals surface area contributed by atoms with Crippen molar-refractivity contribution in [3.63, 3.8) is 0 Å². The number of rotatable bonds is 4. The third-order valence-electron chi connectivity index (χ3n) is 3.34. The van der Waals surface area contributed by atoms with E-state index < -0.39 is 0 Å². The maximum absolute atomic E-state index is 11.8. The van der Waals surface area contributed by atoms with Crippen molar-refractivity contribution in [2.75, 3.05) is 26.2 Å². The SMILES string of the molecule is O=C(OCC[NH+]1CCCCC1)c1ccccc1Br. The normalized spacial score (nSPS) is 16.5. The first kappa shape index (κ1) is 13.6. The van der Waals surface area contributed by atoms with Crippen molar-refractivity contribution in [2.45, 2.75) is 19.3 Å². The third kappa shape index (κ3) is 3.82. The Morgan fingerprint density at radius 3 is 2.67 bits per heavy atom. The molecule has 1 heterocycles. The predicted molar refractivity (Wildman–Crippen MR) is 73.8 cm³/mol. The number of carbonyl (C=O) groups excluding carboxylic acids is 1. The summed E-state index contributed by atoms with van der Waals surface area (Å²) in [7, 11) is 0. The molecular formula is C14H19BrNO2+. The van der Waals surface area contributed by atoms with Crippen molar-refractivity contribution >= 4 is 21.9 Å². The maximum atomic E-state index is 11.8. The van der Waals surface area contributed by atoms with Crippen LogP contribution in [0, 0.1) is 0 Å². The van der Waals surface area contributed by atoms with Gasteiger partial charge in [-0.05, 0) is 47.3 Å². The van der Waals surface area contributed by atoms with Gasteiger partial charge in [-0.15, -0.1) is 0 Å². The summed E-state index contributed by atoms with van der Waals surface area (Å²) in [4.78, 5) is 13.4. The van der Waals surface area contributed by atoms with E-state index >= 15 is 0 Å². The van der Waals surface area contributed by atoms with Gasteiger partial charge in [-0.1, -0.05) is 12.1 Å². The lowest BCUT2D eigenvalue weighted by Gasteiger charge is -2.23. The van der Waals surface area contributed by atoms with E-state index in [1.807, 2.05) is 18.2 Å². The fourth-order valence-corrected chi connectivity index (χ4v) is 2.74. The van der Waals surface area contributed by atoms with Crippen LogP contribution in [-0.2, 0) is 4.74 Å². The molecule has 1 aliphatic rings. The minimum absolute atomic E-state index is 0.237. The molecule has 98 valence electrons. The molecule has 18 heavy (non-hydrogen) atoms. The number of piperidine rings is 1. The molecule has 1 fully saturated rings. The average molecular weight is 313 g/mol. The Morgan fingerprint density at radius 1 is 1.22 bits per heavy atom. The van der Waals surface area contributed by atoms with E-state index in [0.717, 1.165) is 11.0 Å². The van der Waals surface area contributed by atoms with Crippen LogP contribution in [0.4, 0.5) is 0 Å². The highest BCUT2D eigenvalue weighted by Gasteiger charge is 2.15. The summed E-state index contributed by atoms with van der Waals surface area (Å²) >= 11 is 3.36. The maximum Gasteiger partial charge on any atom is 0.339 e. The molecule has 1 saturated heterocycles. The minimum Gasteiger partial charge on any atom is -0.456 e. The standard InChI is InChI=1S/C14H18BrNO2/c15-13-7-3-2-6-12(13)14(17)18-11-10-16-8-4-1-5-9-16/h2-3,6-7H,1,4-5,8-11H2/p+1. The molecule has 3 nitrogen and oxygen atoms in total. The van der Waals surface area contributed by atoms with E-state index in [1.54, 1.807) is 11.0 Å². The molecule has 0 unspecified atom stereocenters. The number of carbonyl (C=O) groups is 1. The summed E-state index contributed by atoms with van der Waals surface area (Å²) in [6.07, 6.45) is 3.95. The second kappa shape index (κ2) is 6.90. The largest absolute Gasteiger partial charge is 0.456 e.